The highest BCUT2D eigenvalue weighted by atomic mass is 19.1. The van der Waals surface area contributed by atoms with Crippen LogP contribution in [0.15, 0.2) is 0 Å². The van der Waals surface area contributed by atoms with Crippen molar-refractivity contribution < 1.29 is 9.18 Å². The lowest BCUT2D eigenvalue weighted by molar-refractivity contribution is -0.143. The summed E-state index contributed by atoms with van der Waals surface area (Å²) in [5.74, 6) is -0.388. The van der Waals surface area contributed by atoms with Crippen molar-refractivity contribution in [2.45, 2.75) is 19.5 Å². The second-order valence-electron chi connectivity index (χ2n) is 4.07. The number of hydrogen-bond donors (Lipinski definition) is 0. The molecule has 0 aromatic rings. The molecule has 0 atom stereocenters. The molecule has 0 bridgehead atoms. The van der Waals surface area contributed by atoms with Gasteiger partial charge in [-0.15, -0.1) is 0 Å². The van der Waals surface area contributed by atoms with Crippen LogP contribution in [0.2, 0.25) is 0 Å². The first kappa shape index (κ1) is 10.4. The first-order chi connectivity index (χ1) is 5.91. The minimum absolute atomic E-state index is 0.388. The number of piperazine rings is 1. The molecule has 4 heteroatoms. The molecule has 0 saturated carbocycles. The first-order valence-electron chi connectivity index (χ1n) is 4.58. The minimum Gasteiger partial charge on any atom is -0.337 e. The van der Waals surface area contributed by atoms with Gasteiger partial charge in [0.25, 0.3) is 5.91 Å². The number of carbonyl (C=O) groups excluding carboxylic acids is 1. The number of carbonyl (C=O) groups is 1. The molecule has 0 N–H and O–H groups in total. The van der Waals surface area contributed by atoms with E-state index in [2.05, 4.69) is 4.90 Å². The zero-order valence-corrected chi connectivity index (χ0v) is 8.51. The van der Waals surface area contributed by atoms with E-state index < -0.39 is 5.67 Å². The van der Waals surface area contributed by atoms with Crippen molar-refractivity contribution >= 4 is 5.91 Å². The van der Waals surface area contributed by atoms with Gasteiger partial charge >= 0.3 is 0 Å². The third-order valence-electron chi connectivity index (χ3n) is 2.30. The average molecular weight is 188 g/mol. The number of rotatable bonds is 1. The second kappa shape index (κ2) is 3.62. The Morgan fingerprint density at radius 3 is 2.08 bits per heavy atom. The van der Waals surface area contributed by atoms with Crippen molar-refractivity contribution in [3.05, 3.63) is 0 Å². The Morgan fingerprint density at radius 1 is 1.23 bits per heavy atom. The van der Waals surface area contributed by atoms with E-state index in [1.807, 2.05) is 7.05 Å². The maximum absolute atomic E-state index is 13.3. The van der Waals surface area contributed by atoms with E-state index in [9.17, 15) is 9.18 Å². The molecular formula is C9H17FN2O. The van der Waals surface area contributed by atoms with Gasteiger partial charge in [-0.2, -0.15) is 0 Å². The number of halogens is 1. The quantitative estimate of drug-likeness (QED) is 0.598. The number of amides is 1. The summed E-state index contributed by atoms with van der Waals surface area (Å²) in [5, 5.41) is 0. The Bertz CT molecular complexity index is 192. The molecule has 1 aliphatic rings. The molecule has 1 aliphatic heterocycles. The molecule has 13 heavy (non-hydrogen) atoms. The van der Waals surface area contributed by atoms with Gasteiger partial charge in [0.1, 0.15) is 0 Å². The fraction of sp³-hybridized carbons (Fsp3) is 0.889. The molecule has 1 saturated heterocycles. The Morgan fingerprint density at radius 2 is 1.69 bits per heavy atom. The Kier molecular flexibility index (Phi) is 2.91. The lowest BCUT2D eigenvalue weighted by Gasteiger charge is -2.34. The number of nitrogens with zero attached hydrogens (tertiary/aromatic N) is 2. The smallest absolute Gasteiger partial charge is 0.259 e. The van der Waals surface area contributed by atoms with Crippen LogP contribution in [0.3, 0.4) is 0 Å². The summed E-state index contributed by atoms with van der Waals surface area (Å²) in [5.41, 5.74) is -1.73. The summed E-state index contributed by atoms with van der Waals surface area (Å²) in [6.07, 6.45) is 0. The Hall–Kier alpha value is -0.640. The third kappa shape index (κ3) is 2.66. The lowest BCUT2D eigenvalue weighted by atomic mass is 10.1. The normalized spacial score (nSPS) is 20.5. The summed E-state index contributed by atoms with van der Waals surface area (Å²) in [7, 11) is 2.00. The van der Waals surface area contributed by atoms with E-state index in [4.69, 9.17) is 0 Å². The predicted molar refractivity (Wildman–Crippen MR) is 49.3 cm³/mol. The van der Waals surface area contributed by atoms with E-state index in [0.29, 0.717) is 13.1 Å². The molecule has 3 nitrogen and oxygen atoms in total. The molecule has 1 rings (SSSR count). The van der Waals surface area contributed by atoms with E-state index in [0.717, 1.165) is 13.1 Å². The molecule has 1 heterocycles. The molecule has 1 amide bonds. The van der Waals surface area contributed by atoms with Crippen molar-refractivity contribution in [1.82, 2.24) is 9.80 Å². The van der Waals surface area contributed by atoms with Crippen molar-refractivity contribution in [2.24, 2.45) is 0 Å². The maximum Gasteiger partial charge on any atom is 0.259 e. The topological polar surface area (TPSA) is 23.6 Å². The highest BCUT2D eigenvalue weighted by molar-refractivity contribution is 5.84. The number of alkyl halides is 1. The highest BCUT2D eigenvalue weighted by Gasteiger charge is 2.32. The van der Waals surface area contributed by atoms with Crippen LogP contribution in [0, 0.1) is 0 Å². The maximum atomic E-state index is 13.3. The lowest BCUT2D eigenvalue weighted by Crippen LogP contribution is -2.51. The van der Waals surface area contributed by atoms with Crippen LogP contribution in [0.4, 0.5) is 4.39 Å². The van der Waals surface area contributed by atoms with E-state index in [1.54, 1.807) is 4.90 Å². The van der Waals surface area contributed by atoms with Gasteiger partial charge in [-0.1, -0.05) is 0 Å². The number of hydrogen-bond acceptors (Lipinski definition) is 2. The molecule has 0 radical (unpaired) electrons. The minimum atomic E-state index is -1.73. The van der Waals surface area contributed by atoms with Crippen LogP contribution in [0.25, 0.3) is 0 Å². The average Bonchev–Trinajstić information content (AvgIpc) is 2.03. The molecule has 0 aromatic heterocycles. The highest BCUT2D eigenvalue weighted by Crippen LogP contribution is 2.14. The summed E-state index contributed by atoms with van der Waals surface area (Å²) in [6, 6.07) is 0. The van der Waals surface area contributed by atoms with Crippen LogP contribution in [0.5, 0.6) is 0 Å². The van der Waals surface area contributed by atoms with Gasteiger partial charge in [-0.05, 0) is 20.9 Å². The van der Waals surface area contributed by atoms with Crippen LogP contribution >= 0.6 is 0 Å². The van der Waals surface area contributed by atoms with Crippen molar-refractivity contribution in [3.63, 3.8) is 0 Å². The summed E-state index contributed by atoms with van der Waals surface area (Å²) in [6.45, 7) is 5.58. The Labute approximate surface area is 78.5 Å². The van der Waals surface area contributed by atoms with Gasteiger partial charge in [0.15, 0.2) is 5.67 Å². The van der Waals surface area contributed by atoms with Gasteiger partial charge in [-0.25, -0.2) is 4.39 Å². The predicted octanol–water partition coefficient (Wildman–Crippen LogP) is 0.508. The van der Waals surface area contributed by atoms with Gasteiger partial charge in [0, 0.05) is 26.2 Å². The standard InChI is InChI=1S/C9H17FN2O/c1-9(2,10)8(13)12-6-4-11(3)5-7-12/h4-7H2,1-3H3. The fourth-order valence-electron chi connectivity index (χ4n) is 1.39. The Balaban J connectivity index is 2.50. The zero-order valence-electron chi connectivity index (χ0n) is 8.51. The van der Waals surface area contributed by atoms with Crippen molar-refractivity contribution in [3.8, 4) is 0 Å². The molecular weight excluding hydrogens is 171 g/mol. The second-order valence-corrected chi connectivity index (χ2v) is 4.07. The fourth-order valence-corrected chi connectivity index (χ4v) is 1.39. The van der Waals surface area contributed by atoms with Crippen molar-refractivity contribution in [1.29, 1.82) is 0 Å². The van der Waals surface area contributed by atoms with Crippen molar-refractivity contribution in [2.75, 3.05) is 33.2 Å². The zero-order chi connectivity index (χ0) is 10.1. The molecule has 76 valence electrons. The van der Waals surface area contributed by atoms with E-state index in [-0.39, 0.29) is 5.91 Å². The first-order valence-corrected chi connectivity index (χ1v) is 4.58. The van der Waals surface area contributed by atoms with E-state index in [1.165, 1.54) is 13.8 Å². The third-order valence-corrected chi connectivity index (χ3v) is 2.30. The van der Waals surface area contributed by atoms with Gasteiger partial charge in [-0.3, -0.25) is 4.79 Å². The monoisotopic (exact) mass is 188 g/mol. The SMILES string of the molecule is CN1CCN(C(=O)C(C)(C)F)CC1. The summed E-state index contributed by atoms with van der Waals surface area (Å²) in [4.78, 5) is 15.2. The molecule has 0 aromatic carbocycles. The summed E-state index contributed by atoms with van der Waals surface area (Å²) < 4.78 is 13.3. The van der Waals surface area contributed by atoms with Gasteiger partial charge < -0.3 is 9.80 Å². The number of likely N-dealkylation sites (N-methyl/N-ethyl adjacent to an activating group) is 1. The molecule has 0 spiro atoms. The molecule has 0 aliphatic carbocycles. The largest absolute Gasteiger partial charge is 0.337 e. The molecule has 0 unspecified atom stereocenters. The molecule has 1 fully saturated rings. The van der Waals surface area contributed by atoms with Gasteiger partial charge in [0.05, 0.1) is 0 Å². The van der Waals surface area contributed by atoms with Crippen LogP contribution < -0.4 is 0 Å². The van der Waals surface area contributed by atoms with E-state index >= 15 is 0 Å². The van der Waals surface area contributed by atoms with Crippen LogP contribution in [-0.4, -0.2) is 54.6 Å². The van der Waals surface area contributed by atoms with Crippen LogP contribution in [0.1, 0.15) is 13.8 Å². The van der Waals surface area contributed by atoms with Gasteiger partial charge in [0.2, 0.25) is 0 Å². The van der Waals surface area contributed by atoms with Crippen LogP contribution in [-0.2, 0) is 4.79 Å². The summed E-state index contributed by atoms with van der Waals surface area (Å²) >= 11 is 0.